The molecule has 20 heavy (non-hydrogen) atoms. The quantitative estimate of drug-likeness (QED) is 0.854. The van der Waals surface area contributed by atoms with Gasteiger partial charge in [0.15, 0.2) is 0 Å². The Morgan fingerprint density at radius 2 is 1.35 bits per heavy atom. The second kappa shape index (κ2) is 9.38. The van der Waals surface area contributed by atoms with E-state index < -0.39 is 0 Å². The molecule has 1 amide bonds. The van der Waals surface area contributed by atoms with Crippen molar-refractivity contribution in [3.63, 3.8) is 0 Å². The van der Waals surface area contributed by atoms with E-state index in [0.717, 1.165) is 13.2 Å². The van der Waals surface area contributed by atoms with E-state index in [1.54, 1.807) is 0 Å². The van der Waals surface area contributed by atoms with Gasteiger partial charge >= 0.3 is 0 Å². The first kappa shape index (κ1) is 15.8. The molecule has 0 aromatic rings. The van der Waals surface area contributed by atoms with Crippen molar-refractivity contribution in [1.29, 1.82) is 0 Å². The molecule has 0 unspecified atom stereocenters. The van der Waals surface area contributed by atoms with Crippen molar-refractivity contribution in [2.24, 2.45) is 5.92 Å². The van der Waals surface area contributed by atoms with Crippen LogP contribution in [-0.2, 0) is 9.53 Å². The third-order valence-corrected chi connectivity index (χ3v) is 4.65. The number of carbonyl (C=O) groups excluding carboxylic acids is 1. The Labute approximate surface area is 123 Å². The Bertz CT molecular complexity index is 264. The molecule has 116 valence electrons. The van der Waals surface area contributed by atoms with Gasteiger partial charge in [-0.1, -0.05) is 57.8 Å². The highest BCUT2D eigenvalue weighted by atomic mass is 16.5. The van der Waals surface area contributed by atoms with Gasteiger partial charge < -0.3 is 10.1 Å². The average Bonchev–Trinajstić information content (AvgIpc) is 2.37. The number of rotatable bonds is 3. The first-order valence-corrected chi connectivity index (χ1v) is 8.71. The van der Waals surface area contributed by atoms with Gasteiger partial charge in [0.1, 0.15) is 0 Å². The molecule has 0 bridgehead atoms. The lowest BCUT2D eigenvalue weighted by Gasteiger charge is -2.26. The molecule has 0 aromatic heterocycles. The van der Waals surface area contributed by atoms with E-state index in [9.17, 15) is 4.79 Å². The summed E-state index contributed by atoms with van der Waals surface area (Å²) < 4.78 is 5.14. The monoisotopic (exact) mass is 281 g/mol. The second-order valence-electron chi connectivity index (χ2n) is 6.63. The van der Waals surface area contributed by atoms with Crippen molar-refractivity contribution in [2.45, 2.75) is 83.1 Å². The van der Waals surface area contributed by atoms with Gasteiger partial charge in [-0.25, -0.2) is 0 Å². The molecular weight excluding hydrogens is 250 g/mol. The summed E-state index contributed by atoms with van der Waals surface area (Å²) in [4.78, 5) is 12.0. The maximum atomic E-state index is 12.0. The minimum Gasteiger partial charge on any atom is -0.381 e. The third-order valence-electron chi connectivity index (χ3n) is 4.65. The van der Waals surface area contributed by atoms with Crippen molar-refractivity contribution >= 4 is 5.91 Å². The van der Waals surface area contributed by atoms with E-state index in [0.29, 0.717) is 18.4 Å². The number of hydrogen-bond acceptors (Lipinski definition) is 2. The van der Waals surface area contributed by atoms with Crippen molar-refractivity contribution in [2.75, 3.05) is 13.2 Å². The topological polar surface area (TPSA) is 38.3 Å². The summed E-state index contributed by atoms with van der Waals surface area (Å²) in [5, 5.41) is 3.28. The Morgan fingerprint density at radius 3 is 1.80 bits per heavy atom. The van der Waals surface area contributed by atoms with Crippen LogP contribution in [0.3, 0.4) is 0 Å². The fraction of sp³-hybridized carbons (Fsp3) is 0.941. The van der Waals surface area contributed by atoms with E-state index in [-0.39, 0.29) is 5.91 Å². The van der Waals surface area contributed by atoms with Gasteiger partial charge in [-0.15, -0.1) is 0 Å². The molecule has 1 N–H and O–H groups in total. The maximum absolute atomic E-state index is 12.0. The summed E-state index contributed by atoms with van der Waals surface area (Å²) in [5.74, 6) is 0.719. The van der Waals surface area contributed by atoms with E-state index in [1.165, 1.54) is 70.6 Å². The van der Waals surface area contributed by atoms with Crippen LogP contribution >= 0.6 is 0 Å². The van der Waals surface area contributed by atoms with Crippen LogP contribution in [0.4, 0.5) is 0 Å². The van der Waals surface area contributed by atoms with Gasteiger partial charge in [0.2, 0.25) is 5.91 Å². The largest absolute Gasteiger partial charge is 0.381 e. The predicted octanol–water partition coefficient (Wildman–Crippen LogP) is 3.81. The maximum Gasteiger partial charge on any atom is 0.220 e. The normalized spacial score (nSPS) is 24.2. The van der Waals surface area contributed by atoms with E-state index in [1.807, 2.05) is 0 Å². The van der Waals surface area contributed by atoms with E-state index in [4.69, 9.17) is 4.74 Å². The van der Waals surface area contributed by atoms with Crippen molar-refractivity contribution < 1.29 is 9.53 Å². The van der Waals surface area contributed by atoms with Crippen molar-refractivity contribution in [3.8, 4) is 0 Å². The van der Waals surface area contributed by atoms with Crippen LogP contribution in [0, 0.1) is 5.92 Å². The fourth-order valence-electron chi connectivity index (χ4n) is 3.26. The molecule has 0 radical (unpaired) electrons. The van der Waals surface area contributed by atoms with Crippen molar-refractivity contribution in [1.82, 2.24) is 5.32 Å². The standard InChI is InChI=1S/C17H31NO2/c19-17(12-15-13-20-14-15)18-16-10-8-6-4-2-1-3-5-7-9-11-16/h15-16H,1-14H2,(H,18,19). The molecule has 1 aliphatic heterocycles. The number of amides is 1. The van der Waals surface area contributed by atoms with Crippen LogP contribution in [0.25, 0.3) is 0 Å². The minimum atomic E-state index is 0.246. The lowest BCUT2D eigenvalue weighted by molar-refractivity contribution is -0.127. The highest BCUT2D eigenvalue weighted by molar-refractivity contribution is 5.76. The zero-order valence-electron chi connectivity index (χ0n) is 12.9. The second-order valence-corrected chi connectivity index (χ2v) is 6.63. The molecule has 0 aromatic carbocycles. The number of ether oxygens (including phenoxy) is 1. The predicted molar refractivity (Wildman–Crippen MR) is 81.6 cm³/mol. The van der Waals surface area contributed by atoms with Gasteiger partial charge in [0, 0.05) is 18.4 Å². The molecule has 2 aliphatic rings. The molecule has 3 heteroatoms. The average molecular weight is 281 g/mol. The summed E-state index contributed by atoms with van der Waals surface area (Å²) in [7, 11) is 0. The smallest absolute Gasteiger partial charge is 0.220 e. The molecule has 2 fully saturated rings. The number of carbonyl (C=O) groups is 1. The zero-order valence-corrected chi connectivity index (χ0v) is 12.9. The summed E-state index contributed by atoms with van der Waals surface area (Å²) in [6.07, 6.45) is 15.2. The molecule has 0 spiro atoms. The summed E-state index contributed by atoms with van der Waals surface area (Å²) in [5.41, 5.74) is 0. The number of hydrogen-bond donors (Lipinski definition) is 1. The first-order chi connectivity index (χ1) is 9.84. The first-order valence-electron chi connectivity index (χ1n) is 8.71. The number of nitrogens with one attached hydrogen (secondary N) is 1. The van der Waals surface area contributed by atoms with E-state index >= 15 is 0 Å². The lowest BCUT2D eigenvalue weighted by atomic mass is 9.97. The molecule has 3 nitrogen and oxygen atoms in total. The molecular formula is C17H31NO2. The van der Waals surface area contributed by atoms with Crippen LogP contribution in [0.15, 0.2) is 0 Å². The Balaban J connectivity index is 1.68. The highest BCUT2D eigenvalue weighted by Gasteiger charge is 2.22. The summed E-state index contributed by atoms with van der Waals surface area (Å²) in [6.45, 7) is 1.55. The molecule has 1 aliphatic carbocycles. The van der Waals surface area contributed by atoms with Gasteiger partial charge in [-0.05, 0) is 12.8 Å². The van der Waals surface area contributed by atoms with Crippen molar-refractivity contribution in [3.05, 3.63) is 0 Å². The van der Waals surface area contributed by atoms with Crippen LogP contribution in [0.1, 0.15) is 77.0 Å². The molecule has 1 saturated heterocycles. The van der Waals surface area contributed by atoms with Gasteiger partial charge in [-0.2, -0.15) is 0 Å². The lowest BCUT2D eigenvalue weighted by Crippen LogP contribution is -2.39. The summed E-state index contributed by atoms with van der Waals surface area (Å²) in [6, 6.07) is 0.419. The Kier molecular flexibility index (Phi) is 7.42. The van der Waals surface area contributed by atoms with Gasteiger partial charge in [-0.3, -0.25) is 4.79 Å². The fourth-order valence-corrected chi connectivity index (χ4v) is 3.26. The van der Waals surface area contributed by atoms with E-state index in [2.05, 4.69) is 5.32 Å². The summed E-state index contributed by atoms with van der Waals surface area (Å²) >= 11 is 0. The Hall–Kier alpha value is -0.570. The zero-order chi connectivity index (χ0) is 14.0. The highest BCUT2D eigenvalue weighted by Crippen LogP contribution is 2.18. The SMILES string of the molecule is O=C(CC1COC1)NC1CCCCCCCCCCC1. The third kappa shape index (κ3) is 6.25. The minimum absolute atomic E-state index is 0.246. The van der Waals surface area contributed by atoms with Crippen LogP contribution in [-0.4, -0.2) is 25.2 Å². The molecule has 1 heterocycles. The Morgan fingerprint density at radius 1 is 0.850 bits per heavy atom. The van der Waals surface area contributed by atoms with Crippen LogP contribution in [0.2, 0.25) is 0 Å². The molecule has 1 saturated carbocycles. The van der Waals surface area contributed by atoms with Gasteiger partial charge in [0.05, 0.1) is 13.2 Å². The van der Waals surface area contributed by atoms with Crippen LogP contribution in [0.5, 0.6) is 0 Å². The molecule has 0 atom stereocenters. The molecule has 2 rings (SSSR count). The van der Waals surface area contributed by atoms with Crippen LogP contribution < -0.4 is 5.32 Å². The van der Waals surface area contributed by atoms with Gasteiger partial charge in [0.25, 0.3) is 0 Å².